The maximum atomic E-state index is 8.03. The molecule has 1 aliphatic carbocycles. The SMILES string of the molecule is [2H][C@@]1(CCC=C)C[C@@H]1CCCC. The van der Waals surface area contributed by atoms with Crippen molar-refractivity contribution >= 4 is 0 Å². The lowest BCUT2D eigenvalue weighted by Gasteiger charge is -1.95. The van der Waals surface area contributed by atoms with Crippen LogP contribution in [0.4, 0.5) is 0 Å². The Labute approximate surface area is 72.1 Å². The largest absolute Gasteiger partial charge is 0.103 e. The molecule has 64 valence electrons. The van der Waals surface area contributed by atoms with Crippen molar-refractivity contribution in [3.05, 3.63) is 12.7 Å². The molecule has 0 aromatic heterocycles. The first-order chi connectivity index (χ1) is 5.73. The van der Waals surface area contributed by atoms with Crippen LogP contribution in [0.15, 0.2) is 12.7 Å². The zero-order valence-electron chi connectivity index (χ0n) is 8.60. The van der Waals surface area contributed by atoms with Gasteiger partial charge in [-0.15, -0.1) is 6.58 Å². The minimum Gasteiger partial charge on any atom is -0.103 e. The maximum absolute atomic E-state index is 8.03. The first-order valence-corrected chi connectivity index (χ1v) is 4.84. The van der Waals surface area contributed by atoms with Crippen molar-refractivity contribution in [1.82, 2.24) is 0 Å². The summed E-state index contributed by atoms with van der Waals surface area (Å²) in [7, 11) is 0. The van der Waals surface area contributed by atoms with Gasteiger partial charge in [-0.3, -0.25) is 0 Å². The maximum Gasteiger partial charge on any atom is 0.0306 e. The molecule has 0 aromatic carbocycles. The summed E-state index contributed by atoms with van der Waals surface area (Å²) in [5.74, 6) is 0.654. The van der Waals surface area contributed by atoms with Gasteiger partial charge in [0.25, 0.3) is 0 Å². The molecule has 1 fully saturated rings. The van der Waals surface area contributed by atoms with Crippen molar-refractivity contribution in [3.8, 4) is 0 Å². The van der Waals surface area contributed by atoms with Gasteiger partial charge in [0.15, 0.2) is 0 Å². The highest BCUT2D eigenvalue weighted by Crippen LogP contribution is 2.45. The van der Waals surface area contributed by atoms with Gasteiger partial charge in [-0.05, 0) is 31.1 Å². The molecule has 0 aromatic rings. The van der Waals surface area contributed by atoms with E-state index in [1.54, 1.807) is 0 Å². The van der Waals surface area contributed by atoms with Crippen LogP contribution in [0.3, 0.4) is 0 Å². The van der Waals surface area contributed by atoms with E-state index in [-0.39, 0.29) is 5.89 Å². The highest BCUT2D eigenvalue weighted by molar-refractivity contribution is 4.87. The molecule has 1 saturated carbocycles. The smallest absolute Gasteiger partial charge is 0.0306 e. The van der Waals surface area contributed by atoms with E-state index < -0.39 is 0 Å². The lowest BCUT2D eigenvalue weighted by Crippen LogP contribution is -1.82. The summed E-state index contributed by atoms with van der Waals surface area (Å²) in [6.07, 6.45) is 8.98. The quantitative estimate of drug-likeness (QED) is 0.509. The summed E-state index contributed by atoms with van der Waals surface area (Å²) in [5.41, 5.74) is 0. The standard InChI is InChI=1S/C11H20/c1-3-5-7-10-9-11(10)8-6-4-2/h3,10-11H,1,4-9H2,2H3/t10-,11+/m1/s1/i10D. The minimum absolute atomic E-state index is 0.0522. The van der Waals surface area contributed by atoms with E-state index in [2.05, 4.69) is 13.5 Å². The Morgan fingerprint density at radius 2 is 2.45 bits per heavy atom. The van der Waals surface area contributed by atoms with Gasteiger partial charge in [-0.1, -0.05) is 32.3 Å². The van der Waals surface area contributed by atoms with Gasteiger partial charge < -0.3 is 0 Å². The van der Waals surface area contributed by atoms with Gasteiger partial charge >= 0.3 is 0 Å². The first kappa shape index (κ1) is 7.39. The van der Waals surface area contributed by atoms with Crippen molar-refractivity contribution in [1.29, 1.82) is 0 Å². The van der Waals surface area contributed by atoms with Crippen LogP contribution in [0.2, 0.25) is 0 Å². The van der Waals surface area contributed by atoms with Crippen molar-refractivity contribution in [3.63, 3.8) is 0 Å². The molecule has 0 heterocycles. The number of unbranched alkanes of at least 4 members (excludes halogenated alkanes) is 1. The molecule has 2 atom stereocenters. The summed E-state index contributed by atoms with van der Waals surface area (Å²) >= 11 is 0. The summed E-state index contributed by atoms with van der Waals surface area (Å²) in [6.45, 7) is 5.92. The fourth-order valence-corrected chi connectivity index (χ4v) is 1.61. The van der Waals surface area contributed by atoms with Crippen LogP contribution in [0.5, 0.6) is 0 Å². The number of rotatable bonds is 6. The molecule has 0 amide bonds. The van der Waals surface area contributed by atoms with E-state index in [9.17, 15) is 0 Å². The Bertz CT molecular complexity index is 153. The van der Waals surface area contributed by atoms with Crippen molar-refractivity contribution in [2.45, 2.75) is 45.4 Å². The lowest BCUT2D eigenvalue weighted by atomic mass is 10.1. The fourth-order valence-electron chi connectivity index (χ4n) is 1.61. The number of hydrogen-bond acceptors (Lipinski definition) is 0. The summed E-state index contributed by atoms with van der Waals surface area (Å²) in [4.78, 5) is 0. The lowest BCUT2D eigenvalue weighted by molar-refractivity contribution is 0.582. The zero-order chi connectivity index (χ0) is 9.03. The van der Waals surface area contributed by atoms with E-state index in [1.165, 1.54) is 19.3 Å². The number of allylic oxidation sites excluding steroid dienone is 1. The van der Waals surface area contributed by atoms with Crippen molar-refractivity contribution < 1.29 is 1.37 Å². The van der Waals surface area contributed by atoms with E-state index in [0.29, 0.717) is 5.92 Å². The molecule has 0 unspecified atom stereocenters. The van der Waals surface area contributed by atoms with Crippen LogP contribution < -0.4 is 0 Å². The third-order valence-electron chi connectivity index (χ3n) is 2.50. The molecule has 0 nitrogen and oxygen atoms in total. The topological polar surface area (TPSA) is 0 Å². The molecule has 11 heavy (non-hydrogen) atoms. The minimum atomic E-state index is -0.0522. The van der Waals surface area contributed by atoms with Gasteiger partial charge in [0, 0.05) is 1.37 Å². The molecule has 0 N–H and O–H groups in total. The number of hydrogen-bond donors (Lipinski definition) is 0. The summed E-state index contributed by atoms with van der Waals surface area (Å²) in [5, 5.41) is 0. The van der Waals surface area contributed by atoms with Gasteiger partial charge in [0.2, 0.25) is 0 Å². The molecule has 1 aliphatic rings. The van der Waals surface area contributed by atoms with Crippen LogP contribution in [-0.4, -0.2) is 0 Å². The predicted molar refractivity (Wildman–Crippen MR) is 50.6 cm³/mol. The van der Waals surface area contributed by atoms with Crippen molar-refractivity contribution in [2.24, 2.45) is 11.8 Å². The van der Waals surface area contributed by atoms with E-state index in [1.807, 2.05) is 6.08 Å². The van der Waals surface area contributed by atoms with Crippen LogP contribution in [0.1, 0.15) is 46.8 Å². The summed E-state index contributed by atoms with van der Waals surface area (Å²) < 4.78 is 8.03. The average molecular weight is 153 g/mol. The van der Waals surface area contributed by atoms with Crippen LogP contribution in [-0.2, 0) is 0 Å². The van der Waals surface area contributed by atoms with Gasteiger partial charge in [-0.2, -0.15) is 0 Å². The monoisotopic (exact) mass is 153 g/mol. The molecule has 0 bridgehead atoms. The molecule has 0 radical (unpaired) electrons. The zero-order valence-corrected chi connectivity index (χ0v) is 7.60. The second-order valence-electron chi connectivity index (χ2n) is 3.53. The van der Waals surface area contributed by atoms with Gasteiger partial charge in [-0.25, -0.2) is 0 Å². The van der Waals surface area contributed by atoms with Gasteiger partial charge in [0.1, 0.15) is 0 Å². The molecule has 0 aliphatic heterocycles. The molecule has 0 saturated heterocycles. The second-order valence-corrected chi connectivity index (χ2v) is 3.53. The third-order valence-corrected chi connectivity index (χ3v) is 2.50. The average Bonchev–Trinajstić information content (AvgIpc) is 2.71. The normalized spacial score (nSPS) is 36.5. The van der Waals surface area contributed by atoms with Crippen LogP contribution in [0.25, 0.3) is 0 Å². The predicted octanol–water partition coefficient (Wildman–Crippen LogP) is 3.78. The molecule has 1 rings (SSSR count). The Hall–Kier alpha value is -0.260. The highest BCUT2D eigenvalue weighted by Gasteiger charge is 2.34. The van der Waals surface area contributed by atoms with Gasteiger partial charge in [0.05, 0.1) is 0 Å². The van der Waals surface area contributed by atoms with Crippen LogP contribution >= 0.6 is 0 Å². The molecule has 0 heteroatoms. The summed E-state index contributed by atoms with van der Waals surface area (Å²) in [6, 6.07) is 0. The Morgan fingerprint density at radius 1 is 1.64 bits per heavy atom. The van der Waals surface area contributed by atoms with Crippen LogP contribution in [0, 0.1) is 11.8 Å². The fraction of sp³-hybridized carbons (Fsp3) is 0.818. The Kier molecular flexibility index (Phi) is 3.08. The van der Waals surface area contributed by atoms with Crippen molar-refractivity contribution in [2.75, 3.05) is 0 Å². The molecular weight excluding hydrogens is 132 g/mol. The second kappa shape index (κ2) is 4.58. The van der Waals surface area contributed by atoms with E-state index in [4.69, 9.17) is 1.37 Å². The Balaban J connectivity index is 2.14. The third kappa shape index (κ3) is 3.09. The molecule has 0 spiro atoms. The highest BCUT2D eigenvalue weighted by atomic mass is 14.4. The first-order valence-electron chi connectivity index (χ1n) is 5.34. The molecular formula is C11H20. The van der Waals surface area contributed by atoms with E-state index in [0.717, 1.165) is 19.3 Å². The Morgan fingerprint density at radius 3 is 3.09 bits per heavy atom. The van der Waals surface area contributed by atoms with E-state index >= 15 is 0 Å².